The van der Waals surface area contributed by atoms with Crippen LogP contribution in [-0.2, 0) is 6.42 Å². The summed E-state index contributed by atoms with van der Waals surface area (Å²) >= 11 is 0. The molecule has 86 valence electrons. The van der Waals surface area contributed by atoms with Gasteiger partial charge in [-0.2, -0.15) is 4.98 Å². The van der Waals surface area contributed by atoms with Crippen molar-refractivity contribution in [3.8, 4) is 0 Å². The zero-order valence-corrected chi connectivity index (χ0v) is 8.79. The van der Waals surface area contributed by atoms with Crippen LogP contribution < -0.4 is 5.32 Å². The van der Waals surface area contributed by atoms with Gasteiger partial charge in [-0.25, -0.2) is 15.0 Å². The highest BCUT2D eigenvalue weighted by Gasteiger charge is 2.05. The lowest BCUT2D eigenvalue weighted by Gasteiger charge is -2.03. The molecule has 0 fully saturated rings. The van der Waals surface area contributed by atoms with Crippen LogP contribution in [0.25, 0.3) is 11.2 Å². The molecule has 0 aromatic carbocycles. The maximum atomic E-state index is 4.64. The lowest BCUT2D eigenvalue weighted by molar-refractivity contribution is 0.410. The Morgan fingerprint density at radius 3 is 3.12 bits per heavy atom. The molecule has 0 amide bonds. The van der Waals surface area contributed by atoms with Gasteiger partial charge in [0.25, 0.3) is 0 Å². The van der Waals surface area contributed by atoms with Crippen molar-refractivity contribution in [1.29, 1.82) is 0 Å². The number of H-pyrrole nitrogens is 1. The first-order chi connectivity index (χ1) is 8.43. The minimum Gasteiger partial charge on any atom is -0.368 e. The van der Waals surface area contributed by atoms with E-state index in [2.05, 4.69) is 39.9 Å². The van der Waals surface area contributed by atoms with Gasteiger partial charge in [-0.3, -0.25) is 0 Å². The van der Waals surface area contributed by atoms with Crippen LogP contribution in [0.15, 0.2) is 23.6 Å². The molecule has 3 aromatic rings. The third kappa shape index (κ3) is 1.92. The van der Waals surface area contributed by atoms with Gasteiger partial charge in [0, 0.05) is 13.0 Å². The number of aromatic nitrogens is 6. The van der Waals surface area contributed by atoms with E-state index in [1.54, 1.807) is 6.33 Å². The van der Waals surface area contributed by atoms with E-state index in [-0.39, 0.29) is 0 Å². The fourth-order valence-corrected chi connectivity index (χ4v) is 1.49. The van der Waals surface area contributed by atoms with Crippen molar-refractivity contribution in [2.75, 3.05) is 11.9 Å². The van der Waals surface area contributed by atoms with Gasteiger partial charge >= 0.3 is 0 Å². The number of aromatic amines is 1. The Morgan fingerprint density at radius 2 is 2.24 bits per heavy atom. The SMILES string of the molecule is c1nc(NCCc2ncon2)c2[nH]cnc2n1. The molecule has 0 bridgehead atoms. The Kier molecular flexibility index (Phi) is 2.37. The zero-order valence-electron chi connectivity index (χ0n) is 8.79. The number of imidazole rings is 1. The summed E-state index contributed by atoms with van der Waals surface area (Å²) in [4.78, 5) is 19.1. The van der Waals surface area contributed by atoms with Crippen molar-refractivity contribution in [2.45, 2.75) is 6.42 Å². The second-order valence-corrected chi connectivity index (χ2v) is 3.35. The monoisotopic (exact) mass is 231 g/mol. The third-order valence-corrected chi connectivity index (χ3v) is 2.27. The first-order valence-electron chi connectivity index (χ1n) is 5.06. The van der Waals surface area contributed by atoms with Crippen molar-refractivity contribution in [1.82, 2.24) is 30.1 Å². The molecule has 0 radical (unpaired) electrons. The molecule has 0 spiro atoms. The molecular weight excluding hydrogens is 222 g/mol. The van der Waals surface area contributed by atoms with E-state index in [0.29, 0.717) is 24.4 Å². The molecule has 0 saturated carbocycles. The number of nitrogens with one attached hydrogen (secondary N) is 2. The number of hydrogen-bond donors (Lipinski definition) is 2. The van der Waals surface area contributed by atoms with Crippen LogP contribution >= 0.6 is 0 Å². The molecule has 0 aliphatic heterocycles. The average molecular weight is 231 g/mol. The van der Waals surface area contributed by atoms with Gasteiger partial charge in [0.1, 0.15) is 11.8 Å². The lowest BCUT2D eigenvalue weighted by atomic mass is 10.4. The molecule has 8 nitrogen and oxygen atoms in total. The number of anilines is 1. The van der Waals surface area contributed by atoms with Gasteiger partial charge in [-0.1, -0.05) is 5.16 Å². The summed E-state index contributed by atoms with van der Waals surface area (Å²) in [7, 11) is 0. The van der Waals surface area contributed by atoms with Crippen molar-refractivity contribution in [3.05, 3.63) is 24.9 Å². The van der Waals surface area contributed by atoms with Gasteiger partial charge in [0.2, 0.25) is 6.39 Å². The first kappa shape index (κ1) is 9.70. The predicted molar refractivity (Wildman–Crippen MR) is 58.2 cm³/mol. The van der Waals surface area contributed by atoms with Gasteiger partial charge in [0.15, 0.2) is 17.3 Å². The third-order valence-electron chi connectivity index (χ3n) is 2.27. The standard InChI is InChI=1S/C9H9N7O/c1(6-15-5-17-16-6)2-10-8-7-9(12-3-11-7)14-4-13-8/h3-5H,1-2H2,(H2,10,11,12,13,14). The zero-order chi connectivity index (χ0) is 11.5. The smallest absolute Gasteiger partial charge is 0.213 e. The molecule has 3 rings (SSSR count). The molecular formula is C9H9N7O. The summed E-state index contributed by atoms with van der Waals surface area (Å²) in [5.74, 6) is 1.38. The molecule has 0 aliphatic rings. The lowest BCUT2D eigenvalue weighted by Crippen LogP contribution is -2.07. The molecule has 8 heteroatoms. The molecule has 2 N–H and O–H groups in total. The molecule has 0 aliphatic carbocycles. The Bertz CT molecular complexity index is 603. The quantitative estimate of drug-likeness (QED) is 0.669. The van der Waals surface area contributed by atoms with Crippen molar-refractivity contribution in [3.63, 3.8) is 0 Å². The van der Waals surface area contributed by atoms with Crippen molar-refractivity contribution < 1.29 is 4.52 Å². The average Bonchev–Trinajstić information content (AvgIpc) is 2.99. The number of nitrogens with zero attached hydrogens (tertiary/aromatic N) is 5. The Hall–Kier alpha value is -2.51. The molecule has 3 aromatic heterocycles. The van der Waals surface area contributed by atoms with E-state index in [1.165, 1.54) is 12.7 Å². The second kappa shape index (κ2) is 4.16. The summed E-state index contributed by atoms with van der Waals surface area (Å²) in [5.41, 5.74) is 1.43. The number of rotatable bonds is 4. The van der Waals surface area contributed by atoms with Gasteiger partial charge in [0.05, 0.1) is 6.33 Å². The van der Waals surface area contributed by atoms with Crippen LogP contribution in [0.4, 0.5) is 5.82 Å². The van der Waals surface area contributed by atoms with Crippen LogP contribution in [0.5, 0.6) is 0 Å². The summed E-state index contributed by atoms with van der Waals surface area (Å²) in [6, 6.07) is 0. The topological polar surface area (TPSA) is 105 Å². The van der Waals surface area contributed by atoms with E-state index in [4.69, 9.17) is 0 Å². The maximum Gasteiger partial charge on any atom is 0.213 e. The first-order valence-corrected chi connectivity index (χ1v) is 5.06. The largest absolute Gasteiger partial charge is 0.368 e. The normalized spacial score (nSPS) is 10.8. The highest BCUT2D eigenvalue weighted by Crippen LogP contribution is 2.13. The van der Waals surface area contributed by atoms with Crippen LogP contribution in [0, 0.1) is 0 Å². The van der Waals surface area contributed by atoms with E-state index in [0.717, 1.165) is 11.3 Å². The molecule has 3 heterocycles. The maximum absolute atomic E-state index is 4.64. The van der Waals surface area contributed by atoms with Crippen LogP contribution in [0.1, 0.15) is 5.82 Å². The summed E-state index contributed by atoms with van der Waals surface area (Å²) in [6.45, 7) is 0.657. The van der Waals surface area contributed by atoms with Gasteiger partial charge in [-0.05, 0) is 0 Å². The minimum absolute atomic E-state index is 0.641. The van der Waals surface area contributed by atoms with E-state index >= 15 is 0 Å². The van der Waals surface area contributed by atoms with Gasteiger partial charge < -0.3 is 14.8 Å². The highest BCUT2D eigenvalue weighted by molar-refractivity contribution is 5.81. The molecule has 0 unspecified atom stereocenters. The van der Waals surface area contributed by atoms with E-state index in [9.17, 15) is 0 Å². The van der Waals surface area contributed by atoms with Gasteiger partial charge in [-0.15, -0.1) is 0 Å². The summed E-state index contributed by atoms with van der Waals surface area (Å²) < 4.78 is 4.64. The number of hydrogen-bond acceptors (Lipinski definition) is 7. The van der Waals surface area contributed by atoms with Crippen LogP contribution in [0.2, 0.25) is 0 Å². The summed E-state index contributed by atoms with van der Waals surface area (Å²) in [6.07, 6.45) is 5.03. The van der Waals surface area contributed by atoms with E-state index in [1.807, 2.05) is 0 Å². The van der Waals surface area contributed by atoms with Crippen LogP contribution in [-0.4, -0.2) is 36.6 Å². The minimum atomic E-state index is 0.641. The Balaban J connectivity index is 1.70. The Morgan fingerprint density at radius 1 is 1.24 bits per heavy atom. The molecule has 17 heavy (non-hydrogen) atoms. The Labute approximate surface area is 95.5 Å². The highest BCUT2D eigenvalue weighted by atomic mass is 16.5. The fraction of sp³-hybridized carbons (Fsp3) is 0.222. The van der Waals surface area contributed by atoms with Crippen molar-refractivity contribution in [2.24, 2.45) is 0 Å². The van der Waals surface area contributed by atoms with E-state index < -0.39 is 0 Å². The fourth-order valence-electron chi connectivity index (χ4n) is 1.49. The van der Waals surface area contributed by atoms with Crippen LogP contribution in [0.3, 0.4) is 0 Å². The second-order valence-electron chi connectivity index (χ2n) is 3.35. The molecule has 0 saturated heterocycles. The number of fused-ring (bicyclic) bond motifs is 1. The molecule has 0 atom stereocenters. The van der Waals surface area contributed by atoms with Crippen molar-refractivity contribution >= 4 is 17.0 Å². The predicted octanol–water partition coefficient (Wildman–Crippen LogP) is 0.390. The summed E-state index contributed by atoms with van der Waals surface area (Å²) in [5, 5.41) is 6.89.